The Kier molecular flexibility index (Phi) is 7.43. The Morgan fingerprint density at radius 2 is 2.00 bits per heavy atom. The van der Waals surface area contributed by atoms with E-state index in [9.17, 15) is 4.79 Å². The maximum atomic E-state index is 12.2. The zero-order valence-corrected chi connectivity index (χ0v) is 14.2. The molecule has 0 heterocycles. The van der Waals surface area contributed by atoms with Gasteiger partial charge in [-0.1, -0.05) is 50.1 Å². The summed E-state index contributed by atoms with van der Waals surface area (Å²) in [6, 6.07) is 8.84. The summed E-state index contributed by atoms with van der Waals surface area (Å²) in [5, 5.41) is 11.6. The minimum atomic E-state index is -0.706. The Bertz CT molecular complexity index is 665. The molecule has 1 aliphatic carbocycles. The van der Waals surface area contributed by atoms with Gasteiger partial charge in [-0.2, -0.15) is 0 Å². The molecule has 0 fully saturated rings. The Labute approximate surface area is 147 Å². The molecular weight excluding hydrogens is 320 g/mol. The van der Waals surface area contributed by atoms with Crippen molar-refractivity contribution in [1.82, 2.24) is 0 Å². The zero-order valence-electron chi connectivity index (χ0n) is 14.2. The van der Waals surface area contributed by atoms with Crippen LogP contribution in [0.2, 0.25) is 0 Å². The Morgan fingerprint density at radius 1 is 1.20 bits per heavy atom. The molecule has 0 bridgehead atoms. The van der Waals surface area contributed by atoms with Gasteiger partial charge in [0.2, 0.25) is 0 Å². The van der Waals surface area contributed by atoms with Gasteiger partial charge < -0.3 is 19.7 Å². The number of oxime groups is 1. The maximum absolute atomic E-state index is 12.2. The summed E-state index contributed by atoms with van der Waals surface area (Å²) in [6.07, 6.45) is 8.79. The second kappa shape index (κ2) is 10.1. The third kappa shape index (κ3) is 6.25. The van der Waals surface area contributed by atoms with E-state index in [1.54, 1.807) is 48.6 Å². The van der Waals surface area contributed by atoms with Gasteiger partial charge in [0.15, 0.2) is 11.9 Å². The highest BCUT2D eigenvalue weighted by atomic mass is 16.7. The third-order valence-electron chi connectivity index (χ3n) is 3.35. The summed E-state index contributed by atoms with van der Waals surface area (Å²) >= 11 is 0. The monoisotopic (exact) mass is 342 g/mol. The lowest BCUT2D eigenvalue weighted by atomic mass is 10.1. The average molecular weight is 342 g/mol. The van der Waals surface area contributed by atoms with Crippen LogP contribution >= 0.6 is 0 Å². The predicted octanol–water partition coefficient (Wildman–Crippen LogP) is 3.64. The molecule has 0 amide bonds. The topological polar surface area (TPSA) is 81.0 Å². The normalized spacial score (nSPS) is 16.6. The molecule has 1 aromatic carbocycles. The van der Waals surface area contributed by atoms with Crippen molar-refractivity contribution in [2.24, 2.45) is 5.16 Å². The van der Waals surface area contributed by atoms with E-state index in [2.05, 4.69) is 12.1 Å². The first-order valence-corrected chi connectivity index (χ1v) is 8.28. The standard InChI is InChI=1S/C19H22N2O4/c1-2-3-9-14-23-19(22)18(21-25-15-10-5-4-6-11-15)24-17-13-8-7-12-16(17)20/h4-8,10-13,17,20H,2-3,9,14H2,1H3. The summed E-state index contributed by atoms with van der Waals surface area (Å²) in [7, 11) is 0. The van der Waals surface area contributed by atoms with E-state index in [1.165, 1.54) is 0 Å². The Hall–Kier alpha value is -2.89. The maximum Gasteiger partial charge on any atom is 0.397 e. The molecule has 25 heavy (non-hydrogen) atoms. The number of esters is 1. The first-order chi connectivity index (χ1) is 12.2. The van der Waals surface area contributed by atoms with Gasteiger partial charge in [0.25, 0.3) is 0 Å². The van der Waals surface area contributed by atoms with Crippen molar-refractivity contribution in [3.63, 3.8) is 0 Å². The molecule has 0 spiro atoms. The fourth-order valence-corrected chi connectivity index (χ4v) is 2.01. The van der Waals surface area contributed by atoms with Crippen LogP contribution in [0.25, 0.3) is 0 Å². The number of benzene rings is 1. The number of unbranched alkanes of at least 4 members (excludes halogenated alkanes) is 2. The van der Waals surface area contributed by atoms with E-state index in [1.807, 2.05) is 6.07 Å². The van der Waals surface area contributed by atoms with Gasteiger partial charge in [-0.3, -0.25) is 0 Å². The Balaban J connectivity index is 2.04. The van der Waals surface area contributed by atoms with E-state index in [0.29, 0.717) is 5.75 Å². The van der Waals surface area contributed by atoms with Crippen LogP contribution in [0.5, 0.6) is 5.75 Å². The smallest absolute Gasteiger partial charge is 0.397 e. The Morgan fingerprint density at radius 3 is 2.72 bits per heavy atom. The molecule has 2 rings (SSSR count). The molecule has 1 N–H and O–H groups in total. The van der Waals surface area contributed by atoms with Crippen molar-refractivity contribution >= 4 is 17.6 Å². The highest BCUT2D eigenvalue weighted by molar-refractivity contribution is 6.32. The molecule has 0 saturated carbocycles. The minimum Gasteiger partial charge on any atom is -0.459 e. The lowest BCUT2D eigenvalue weighted by molar-refractivity contribution is -0.137. The van der Waals surface area contributed by atoms with E-state index < -0.39 is 12.1 Å². The molecule has 0 saturated heterocycles. The molecule has 1 unspecified atom stereocenters. The van der Waals surface area contributed by atoms with Crippen LogP contribution in [-0.4, -0.2) is 30.3 Å². The number of hydrogen-bond acceptors (Lipinski definition) is 6. The highest BCUT2D eigenvalue weighted by Crippen LogP contribution is 2.11. The number of carbonyl (C=O) groups is 1. The van der Waals surface area contributed by atoms with Crippen LogP contribution < -0.4 is 4.84 Å². The summed E-state index contributed by atoms with van der Waals surface area (Å²) in [6.45, 7) is 2.36. The van der Waals surface area contributed by atoms with Gasteiger partial charge in [0, 0.05) is 0 Å². The van der Waals surface area contributed by atoms with E-state index in [-0.39, 0.29) is 18.2 Å². The second-order valence-corrected chi connectivity index (χ2v) is 5.38. The summed E-state index contributed by atoms with van der Waals surface area (Å²) < 4.78 is 10.7. The number of para-hydroxylation sites is 1. The van der Waals surface area contributed by atoms with Crippen molar-refractivity contribution < 1.29 is 19.1 Å². The first kappa shape index (κ1) is 18.4. The third-order valence-corrected chi connectivity index (χ3v) is 3.35. The fraction of sp³-hybridized carbons (Fsp3) is 0.316. The lowest BCUT2D eigenvalue weighted by Gasteiger charge is -2.17. The molecule has 132 valence electrons. The molecule has 0 aromatic heterocycles. The van der Waals surface area contributed by atoms with Gasteiger partial charge >= 0.3 is 11.9 Å². The second-order valence-electron chi connectivity index (χ2n) is 5.38. The summed E-state index contributed by atoms with van der Waals surface area (Å²) in [5.41, 5.74) is 0.216. The number of nitrogens with one attached hydrogen (secondary N) is 1. The molecule has 6 heteroatoms. The number of rotatable bonds is 7. The van der Waals surface area contributed by atoms with Gasteiger partial charge in [-0.25, -0.2) is 4.79 Å². The molecular formula is C19H22N2O4. The van der Waals surface area contributed by atoms with E-state index in [4.69, 9.17) is 19.7 Å². The van der Waals surface area contributed by atoms with E-state index >= 15 is 0 Å². The SMILES string of the molecule is CCCCCOC(=O)C(=NOc1ccccc1)OC1C=CC=CC1=N. The van der Waals surface area contributed by atoms with Crippen molar-refractivity contribution in [2.75, 3.05) is 6.61 Å². The van der Waals surface area contributed by atoms with Gasteiger partial charge in [0.1, 0.15) is 0 Å². The van der Waals surface area contributed by atoms with Gasteiger partial charge in [-0.05, 0) is 35.9 Å². The minimum absolute atomic E-state index is 0.216. The van der Waals surface area contributed by atoms with Crippen LogP contribution in [0, 0.1) is 5.41 Å². The largest absolute Gasteiger partial charge is 0.459 e. The highest BCUT2D eigenvalue weighted by Gasteiger charge is 2.23. The molecule has 6 nitrogen and oxygen atoms in total. The molecule has 1 aromatic rings. The average Bonchev–Trinajstić information content (AvgIpc) is 2.64. The number of nitrogens with zero attached hydrogens (tertiary/aromatic N) is 1. The summed E-state index contributed by atoms with van der Waals surface area (Å²) in [4.78, 5) is 17.5. The van der Waals surface area contributed by atoms with Crippen LogP contribution in [0.3, 0.4) is 0 Å². The van der Waals surface area contributed by atoms with Crippen LogP contribution in [-0.2, 0) is 14.3 Å². The molecule has 1 atom stereocenters. The quantitative estimate of drug-likeness (QED) is 0.270. The van der Waals surface area contributed by atoms with Gasteiger partial charge in [0.05, 0.1) is 12.3 Å². The molecule has 0 radical (unpaired) electrons. The fourth-order valence-electron chi connectivity index (χ4n) is 2.01. The number of carbonyl (C=O) groups excluding carboxylic acids is 1. The van der Waals surface area contributed by atoms with E-state index in [0.717, 1.165) is 19.3 Å². The number of hydrogen-bond donors (Lipinski definition) is 1. The van der Waals surface area contributed by atoms with Crippen LogP contribution in [0.4, 0.5) is 0 Å². The summed E-state index contributed by atoms with van der Waals surface area (Å²) in [5.74, 6) is -0.547. The number of allylic oxidation sites excluding steroid dienone is 2. The predicted molar refractivity (Wildman–Crippen MR) is 95.9 cm³/mol. The first-order valence-electron chi connectivity index (χ1n) is 8.28. The van der Waals surface area contributed by atoms with Crippen LogP contribution in [0.1, 0.15) is 26.2 Å². The van der Waals surface area contributed by atoms with Crippen LogP contribution in [0.15, 0.2) is 59.8 Å². The van der Waals surface area contributed by atoms with Crippen molar-refractivity contribution in [2.45, 2.75) is 32.3 Å². The zero-order chi connectivity index (χ0) is 17.9. The molecule has 0 aliphatic heterocycles. The number of ether oxygens (including phenoxy) is 2. The van der Waals surface area contributed by atoms with Gasteiger partial charge in [-0.15, -0.1) is 0 Å². The van der Waals surface area contributed by atoms with Crippen molar-refractivity contribution in [3.8, 4) is 5.75 Å². The lowest BCUT2D eigenvalue weighted by Crippen LogP contribution is -2.31. The van der Waals surface area contributed by atoms with Crippen molar-refractivity contribution in [3.05, 3.63) is 54.6 Å². The molecule has 1 aliphatic rings. The van der Waals surface area contributed by atoms with Crippen molar-refractivity contribution in [1.29, 1.82) is 5.41 Å².